The predicted octanol–water partition coefficient (Wildman–Crippen LogP) is 0.811. The highest BCUT2D eigenvalue weighted by atomic mass is 16.5. The molecule has 1 aromatic heterocycles. The highest BCUT2D eigenvalue weighted by Crippen LogP contribution is 2.09. The second-order valence-corrected chi connectivity index (χ2v) is 3.57. The molecular formula is C11H18N2O2. The van der Waals surface area contributed by atoms with Crippen molar-refractivity contribution in [2.45, 2.75) is 19.8 Å². The molecule has 0 spiro atoms. The SMILES string of the molecule is Cc1cc(OCCCCN)cc(=O)n1C. The molecule has 0 aliphatic rings. The third-order valence-electron chi connectivity index (χ3n) is 2.34. The summed E-state index contributed by atoms with van der Waals surface area (Å²) in [4.78, 5) is 11.4. The summed E-state index contributed by atoms with van der Waals surface area (Å²) >= 11 is 0. The Morgan fingerprint density at radius 3 is 2.73 bits per heavy atom. The zero-order valence-electron chi connectivity index (χ0n) is 9.32. The van der Waals surface area contributed by atoms with E-state index in [2.05, 4.69) is 0 Å². The number of rotatable bonds is 5. The summed E-state index contributed by atoms with van der Waals surface area (Å²) in [6.07, 6.45) is 1.87. The monoisotopic (exact) mass is 210 g/mol. The number of ether oxygens (including phenoxy) is 1. The molecule has 0 bridgehead atoms. The van der Waals surface area contributed by atoms with Crippen molar-refractivity contribution in [3.63, 3.8) is 0 Å². The van der Waals surface area contributed by atoms with E-state index in [1.54, 1.807) is 11.6 Å². The van der Waals surface area contributed by atoms with Crippen molar-refractivity contribution in [3.8, 4) is 5.75 Å². The van der Waals surface area contributed by atoms with Gasteiger partial charge in [-0.1, -0.05) is 0 Å². The largest absolute Gasteiger partial charge is 0.493 e. The number of aryl methyl sites for hydroxylation is 1. The molecular weight excluding hydrogens is 192 g/mol. The Hall–Kier alpha value is -1.29. The number of hydrogen-bond acceptors (Lipinski definition) is 3. The van der Waals surface area contributed by atoms with Crippen LogP contribution in [0.15, 0.2) is 16.9 Å². The van der Waals surface area contributed by atoms with Gasteiger partial charge in [-0.05, 0) is 32.4 Å². The number of nitrogens with two attached hydrogens (primary N) is 1. The van der Waals surface area contributed by atoms with E-state index in [1.807, 2.05) is 13.0 Å². The van der Waals surface area contributed by atoms with Crippen LogP contribution in [0.1, 0.15) is 18.5 Å². The predicted molar refractivity (Wildman–Crippen MR) is 60.2 cm³/mol. The average molecular weight is 210 g/mol. The first kappa shape index (κ1) is 11.8. The molecule has 1 heterocycles. The van der Waals surface area contributed by atoms with Crippen LogP contribution < -0.4 is 16.0 Å². The molecule has 0 saturated carbocycles. The number of pyridine rings is 1. The summed E-state index contributed by atoms with van der Waals surface area (Å²) in [6.45, 7) is 3.18. The van der Waals surface area contributed by atoms with E-state index in [4.69, 9.17) is 10.5 Å². The molecule has 4 nitrogen and oxygen atoms in total. The fourth-order valence-corrected chi connectivity index (χ4v) is 1.26. The van der Waals surface area contributed by atoms with Gasteiger partial charge in [-0.2, -0.15) is 0 Å². The zero-order valence-corrected chi connectivity index (χ0v) is 9.32. The van der Waals surface area contributed by atoms with E-state index in [1.165, 1.54) is 6.07 Å². The Bertz CT molecular complexity index is 371. The van der Waals surface area contributed by atoms with Gasteiger partial charge in [0.1, 0.15) is 5.75 Å². The number of nitrogens with zero attached hydrogens (tertiary/aromatic N) is 1. The lowest BCUT2D eigenvalue weighted by atomic mass is 10.3. The van der Waals surface area contributed by atoms with Crippen molar-refractivity contribution in [2.24, 2.45) is 12.8 Å². The molecule has 2 N–H and O–H groups in total. The van der Waals surface area contributed by atoms with Crippen LogP contribution in [-0.4, -0.2) is 17.7 Å². The maximum atomic E-state index is 11.4. The summed E-state index contributed by atoms with van der Waals surface area (Å²) in [5.41, 5.74) is 6.23. The number of aromatic nitrogens is 1. The van der Waals surface area contributed by atoms with Crippen LogP contribution in [0.25, 0.3) is 0 Å². The molecule has 15 heavy (non-hydrogen) atoms. The molecule has 0 aliphatic carbocycles. The van der Waals surface area contributed by atoms with Gasteiger partial charge in [-0.15, -0.1) is 0 Å². The molecule has 0 atom stereocenters. The number of hydrogen-bond donors (Lipinski definition) is 1. The molecule has 0 fully saturated rings. The first-order valence-electron chi connectivity index (χ1n) is 5.15. The smallest absolute Gasteiger partial charge is 0.254 e. The minimum atomic E-state index is -0.0381. The van der Waals surface area contributed by atoms with Gasteiger partial charge in [-0.3, -0.25) is 4.79 Å². The first-order chi connectivity index (χ1) is 7.15. The lowest BCUT2D eigenvalue weighted by Crippen LogP contribution is -2.18. The molecule has 1 aromatic rings. The summed E-state index contributed by atoms with van der Waals surface area (Å²) in [7, 11) is 1.75. The maximum absolute atomic E-state index is 11.4. The van der Waals surface area contributed by atoms with Gasteiger partial charge >= 0.3 is 0 Å². The molecule has 0 aromatic carbocycles. The van der Waals surface area contributed by atoms with Crippen LogP contribution >= 0.6 is 0 Å². The van der Waals surface area contributed by atoms with E-state index in [0.717, 1.165) is 18.5 Å². The minimum Gasteiger partial charge on any atom is -0.493 e. The second kappa shape index (κ2) is 5.56. The third-order valence-corrected chi connectivity index (χ3v) is 2.34. The lowest BCUT2D eigenvalue weighted by Gasteiger charge is -2.08. The normalized spacial score (nSPS) is 10.3. The molecule has 1 rings (SSSR count). The highest BCUT2D eigenvalue weighted by Gasteiger charge is 2.00. The maximum Gasteiger partial charge on any atom is 0.254 e. The van der Waals surface area contributed by atoms with Gasteiger partial charge in [0.15, 0.2) is 0 Å². The molecule has 0 saturated heterocycles. The van der Waals surface area contributed by atoms with Crippen molar-refractivity contribution >= 4 is 0 Å². The Labute approximate surface area is 89.7 Å². The van der Waals surface area contributed by atoms with Crippen LogP contribution in [0.5, 0.6) is 5.75 Å². The van der Waals surface area contributed by atoms with Crippen molar-refractivity contribution in [1.82, 2.24) is 4.57 Å². The fraction of sp³-hybridized carbons (Fsp3) is 0.545. The second-order valence-electron chi connectivity index (χ2n) is 3.57. The third kappa shape index (κ3) is 3.40. The molecule has 84 valence electrons. The molecule has 0 radical (unpaired) electrons. The fourth-order valence-electron chi connectivity index (χ4n) is 1.26. The van der Waals surface area contributed by atoms with Gasteiger partial charge in [0.05, 0.1) is 6.61 Å². The zero-order chi connectivity index (χ0) is 11.3. The van der Waals surface area contributed by atoms with E-state index < -0.39 is 0 Å². The van der Waals surface area contributed by atoms with Crippen molar-refractivity contribution in [3.05, 3.63) is 28.2 Å². The summed E-state index contributed by atoms with van der Waals surface area (Å²) < 4.78 is 7.05. The van der Waals surface area contributed by atoms with Crippen LogP contribution in [0.4, 0.5) is 0 Å². The highest BCUT2D eigenvalue weighted by molar-refractivity contribution is 5.22. The van der Waals surface area contributed by atoms with Crippen LogP contribution in [-0.2, 0) is 7.05 Å². The lowest BCUT2D eigenvalue weighted by molar-refractivity contribution is 0.306. The standard InChI is InChI=1S/C11H18N2O2/c1-9-7-10(8-11(14)13(9)2)15-6-4-3-5-12/h7-8H,3-6,12H2,1-2H3. The quantitative estimate of drug-likeness (QED) is 0.732. The van der Waals surface area contributed by atoms with E-state index >= 15 is 0 Å². The van der Waals surface area contributed by atoms with E-state index in [0.29, 0.717) is 18.9 Å². The summed E-state index contributed by atoms with van der Waals surface area (Å²) in [5.74, 6) is 0.646. The minimum absolute atomic E-state index is 0.0381. The molecule has 0 amide bonds. The Kier molecular flexibility index (Phi) is 4.37. The van der Waals surface area contributed by atoms with E-state index in [-0.39, 0.29) is 5.56 Å². The van der Waals surface area contributed by atoms with E-state index in [9.17, 15) is 4.79 Å². The van der Waals surface area contributed by atoms with Gasteiger partial charge < -0.3 is 15.0 Å². The van der Waals surface area contributed by atoms with Gasteiger partial charge in [0, 0.05) is 18.8 Å². The first-order valence-corrected chi connectivity index (χ1v) is 5.15. The van der Waals surface area contributed by atoms with Crippen molar-refractivity contribution < 1.29 is 4.74 Å². The Balaban J connectivity index is 2.59. The summed E-state index contributed by atoms with van der Waals surface area (Å²) in [5, 5.41) is 0. The number of unbranched alkanes of at least 4 members (excludes halogenated alkanes) is 1. The summed E-state index contributed by atoms with van der Waals surface area (Å²) in [6, 6.07) is 3.37. The Morgan fingerprint density at radius 1 is 1.40 bits per heavy atom. The molecule has 4 heteroatoms. The van der Waals surface area contributed by atoms with Crippen LogP contribution in [0, 0.1) is 6.92 Å². The Morgan fingerprint density at radius 2 is 2.13 bits per heavy atom. The topological polar surface area (TPSA) is 57.2 Å². The molecule has 0 aliphatic heterocycles. The van der Waals surface area contributed by atoms with Crippen LogP contribution in [0.3, 0.4) is 0 Å². The van der Waals surface area contributed by atoms with Crippen molar-refractivity contribution in [2.75, 3.05) is 13.2 Å². The van der Waals surface area contributed by atoms with Gasteiger partial charge in [0.25, 0.3) is 5.56 Å². The van der Waals surface area contributed by atoms with Crippen molar-refractivity contribution in [1.29, 1.82) is 0 Å². The van der Waals surface area contributed by atoms with Gasteiger partial charge in [0.2, 0.25) is 0 Å². The van der Waals surface area contributed by atoms with Gasteiger partial charge in [-0.25, -0.2) is 0 Å². The van der Waals surface area contributed by atoms with Crippen LogP contribution in [0.2, 0.25) is 0 Å². The average Bonchev–Trinajstić information content (AvgIpc) is 2.21. The molecule has 0 unspecified atom stereocenters.